The van der Waals surface area contributed by atoms with Gasteiger partial charge in [-0.25, -0.2) is 4.79 Å². The lowest BCUT2D eigenvalue weighted by molar-refractivity contribution is -0.139. The Morgan fingerprint density at radius 3 is 2.24 bits per heavy atom. The van der Waals surface area contributed by atoms with Crippen molar-refractivity contribution < 1.29 is 14.7 Å². The monoisotopic (exact) mass is 235 g/mol. The molecule has 2 N–H and O–H groups in total. The Bertz CT molecular complexity index is 398. The van der Waals surface area contributed by atoms with Crippen LogP contribution in [0.3, 0.4) is 0 Å². The summed E-state index contributed by atoms with van der Waals surface area (Å²) in [7, 11) is 0. The molecule has 4 heteroatoms. The molecule has 1 aromatic carbocycles. The summed E-state index contributed by atoms with van der Waals surface area (Å²) in [6.45, 7) is 3.76. The first-order chi connectivity index (χ1) is 8.08. The Kier molecular flexibility index (Phi) is 4.69. The maximum Gasteiger partial charge on any atom is 0.326 e. The number of aliphatic carboxylic acids is 1. The Hall–Kier alpha value is -1.84. The van der Waals surface area contributed by atoms with Crippen LogP contribution in [0.5, 0.6) is 0 Å². The quantitative estimate of drug-likeness (QED) is 0.818. The lowest BCUT2D eigenvalue weighted by Gasteiger charge is -2.12. The zero-order valence-electron chi connectivity index (χ0n) is 10.1. The van der Waals surface area contributed by atoms with Gasteiger partial charge in [0, 0.05) is 5.56 Å². The van der Waals surface area contributed by atoms with Gasteiger partial charge in [-0.3, -0.25) is 4.79 Å². The van der Waals surface area contributed by atoms with Crippen molar-refractivity contribution in [3.63, 3.8) is 0 Å². The van der Waals surface area contributed by atoms with Gasteiger partial charge in [-0.15, -0.1) is 0 Å². The van der Waals surface area contributed by atoms with Crippen LogP contribution in [0.25, 0.3) is 0 Å². The lowest BCUT2D eigenvalue weighted by atomic mass is 10.1. The number of nitrogens with one attached hydrogen (secondary N) is 1. The lowest BCUT2D eigenvalue weighted by Crippen LogP contribution is -2.40. The van der Waals surface area contributed by atoms with Crippen molar-refractivity contribution in [1.82, 2.24) is 5.32 Å². The van der Waals surface area contributed by atoms with E-state index in [1.807, 2.05) is 19.1 Å². The molecule has 1 aromatic rings. The molecule has 0 saturated carbocycles. The molecule has 1 atom stereocenters. The number of rotatable bonds is 5. The molecular formula is C13H17NO3. The van der Waals surface area contributed by atoms with E-state index in [1.54, 1.807) is 19.1 Å². The molecule has 0 bridgehead atoms. The fourth-order valence-electron chi connectivity index (χ4n) is 1.47. The van der Waals surface area contributed by atoms with Gasteiger partial charge in [-0.1, -0.05) is 26.0 Å². The molecule has 0 aliphatic heterocycles. The first kappa shape index (κ1) is 13.2. The van der Waals surface area contributed by atoms with Crippen LogP contribution in [0.4, 0.5) is 0 Å². The summed E-state index contributed by atoms with van der Waals surface area (Å²) in [4.78, 5) is 22.5. The number of hydrogen-bond donors (Lipinski definition) is 2. The average Bonchev–Trinajstić information content (AvgIpc) is 2.35. The molecule has 1 amide bonds. The molecule has 0 radical (unpaired) electrons. The van der Waals surface area contributed by atoms with Crippen molar-refractivity contribution in [2.75, 3.05) is 0 Å². The van der Waals surface area contributed by atoms with Crippen LogP contribution in [0.15, 0.2) is 24.3 Å². The Balaban J connectivity index is 2.72. The van der Waals surface area contributed by atoms with Crippen molar-refractivity contribution in [2.24, 2.45) is 0 Å². The Morgan fingerprint density at radius 1 is 1.24 bits per heavy atom. The van der Waals surface area contributed by atoms with Crippen molar-refractivity contribution >= 4 is 11.9 Å². The molecular weight excluding hydrogens is 218 g/mol. The summed E-state index contributed by atoms with van der Waals surface area (Å²) in [5.41, 5.74) is 1.63. The van der Waals surface area contributed by atoms with Gasteiger partial charge in [-0.05, 0) is 30.5 Å². The molecule has 1 unspecified atom stereocenters. The van der Waals surface area contributed by atoms with Gasteiger partial charge in [0.25, 0.3) is 5.91 Å². The summed E-state index contributed by atoms with van der Waals surface area (Å²) in [6, 6.07) is 6.34. The van der Waals surface area contributed by atoms with E-state index in [0.29, 0.717) is 12.0 Å². The third kappa shape index (κ3) is 3.59. The van der Waals surface area contributed by atoms with E-state index >= 15 is 0 Å². The first-order valence-electron chi connectivity index (χ1n) is 5.71. The van der Waals surface area contributed by atoms with E-state index in [0.717, 1.165) is 12.0 Å². The zero-order valence-corrected chi connectivity index (χ0v) is 10.1. The molecule has 0 aliphatic rings. The zero-order chi connectivity index (χ0) is 12.8. The predicted octanol–water partition coefficient (Wildman–Crippen LogP) is 1.84. The normalized spacial score (nSPS) is 11.9. The first-order valence-corrected chi connectivity index (χ1v) is 5.71. The standard InChI is InChI=1S/C13H17NO3/c1-3-9-5-7-10(8-6-9)12(15)14-11(4-2)13(16)17/h5-8,11H,3-4H2,1-2H3,(H,14,15)(H,16,17). The SMILES string of the molecule is CCc1ccc(C(=O)NC(CC)C(=O)O)cc1. The van der Waals surface area contributed by atoms with Crippen LogP contribution >= 0.6 is 0 Å². The van der Waals surface area contributed by atoms with Gasteiger partial charge < -0.3 is 10.4 Å². The molecule has 0 fully saturated rings. The summed E-state index contributed by atoms with van der Waals surface area (Å²) in [6.07, 6.45) is 1.28. The highest BCUT2D eigenvalue weighted by atomic mass is 16.4. The van der Waals surface area contributed by atoms with Crippen LogP contribution in [0.2, 0.25) is 0 Å². The molecule has 0 saturated heterocycles. The van der Waals surface area contributed by atoms with Gasteiger partial charge >= 0.3 is 5.97 Å². The van der Waals surface area contributed by atoms with Crippen molar-refractivity contribution in [3.8, 4) is 0 Å². The van der Waals surface area contributed by atoms with Crippen LogP contribution in [-0.2, 0) is 11.2 Å². The molecule has 0 aromatic heterocycles. The van der Waals surface area contributed by atoms with E-state index in [9.17, 15) is 9.59 Å². The number of hydrogen-bond acceptors (Lipinski definition) is 2. The van der Waals surface area contributed by atoms with E-state index in [-0.39, 0.29) is 5.91 Å². The van der Waals surface area contributed by atoms with Crippen LogP contribution in [0.1, 0.15) is 36.2 Å². The molecule has 0 aliphatic carbocycles. The molecule has 1 rings (SSSR count). The summed E-state index contributed by atoms with van der Waals surface area (Å²) in [5, 5.41) is 11.3. The molecule has 92 valence electrons. The van der Waals surface area contributed by atoms with Gasteiger partial charge in [0.2, 0.25) is 0 Å². The highest BCUT2D eigenvalue weighted by Gasteiger charge is 2.18. The van der Waals surface area contributed by atoms with E-state index in [4.69, 9.17) is 5.11 Å². The van der Waals surface area contributed by atoms with Gasteiger partial charge in [0.1, 0.15) is 6.04 Å². The van der Waals surface area contributed by atoms with Gasteiger partial charge in [0.15, 0.2) is 0 Å². The van der Waals surface area contributed by atoms with Crippen molar-refractivity contribution in [1.29, 1.82) is 0 Å². The summed E-state index contributed by atoms with van der Waals surface area (Å²) < 4.78 is 0. The number of amides is 1. The Morgan fingerprint density at radius 2 is 1.82 bits per heavy atom. The third-order valence-electron chi connectivity index (χ3n) is 2.64. The fraction of sp³-hybridized carbons (Fsp3) is 0.385. The number of carbonyl (C=O) groups is 2. The summed E-state index contributed by atoms with van der Waals surface area (Å²) >= 11 is 0. The van der Waals surface area contributed by atoms with E-state index in [2.05, 4.69) is 5.32 Å². The van der Waals surface area contributed by atoms with Gasteiger partial charge in [-0.2, -0.15) is 0 Å². The van der Waals surface area contributed by atoms with Gasteiger partial charge in [0.05, 0.1) is 0 Å². The maximum absolute atomic E-state index is 11.7. The second-order valence-corrected chi connectivity index (χ2v) is 3.82. The highest BCUT2D eigenvalue weighted by Crippen LogP contribution is 2.05. The summed E-state index contributed by atoms with van der Waals surface area (Å²) in [5.74, 6) is -1.35. The number of benzene rings is 1. The largest absolute Gasteiger partial charge is 0.480 e. The number of carboxylic acids is 1. The number of carboxylic acid groups (broad SMARTS) is 1. The minimum atomic E-state index is -1.01. The van der Waals surface area contributed by atoms with Crippen molar-refractivity contribution in [3.05, 3.63) is 35.4 Å². The number of aryl methyl sites for hydroxylation is 1. The van der Waals surface area contributed by atoms with Crippen LogP contribution in [0, 0.1) is 0 Å². The fourth-order valence-corrected chi connectivity index (χ4v) is 1.47. The maximum atomic E-state index is 11.7. The second-order valence-electron chi connectivity index (χ2n) is 3.82. The van der Waals surface area contributed by atoms with E-state index in [1.165, 1.54) is 0 Å². The second kappa shape index (κ2) is 6.03. The molecule has 4 nitrogen and oxygen atoms in total. The average molecular weight is 235 g/mol. The number of carbonyl (C=O) groups excluding carboxylic acids is 1. The topological polar surface area (TPSA) is 66.4 Å². The van der Waals surface area contributed by atoms with E-state index < -0.39 is 12.0 Å². The highest BCUT2D eigenvalue weighted by molar-refractivity contribution is 5.96. The van der Waals surface area contributed by atoms with Crippen molar-refractivity contribution in [2.45, 2.75) is 32.7 Å². The molecule has 0 heterocycles. The minimum Gasteiger partial charge on any atom is -0.480 e. The van der Waals surface area contributed by atoms with Crippen LogP contribution < -0.4 is 5.32 Å². The molecule has 0 spiro atoms. The predicted molar refractivity (Wildman–Crippen MR) is 65.0 cm³/mol. The Labute approximate surface area is 101 Å². The van der Waals surface area contributed by atoms with Crippen LogP contribution in [-0.4, -0.2) is 23.0 Å². The third-order valence-corrected chi connectivity index (χ3v) is 2.64. The smallest absolute Gasteiger partial charge is 0.326 e. The minimum absolute atomic E-state index is 0.345. The molecule has 17 heavy (non-hydrogen) atoms.